The van der Waals surface area contributed by atoms with Gasteiger partial charge in [0, 0.05) is 6.54 Å². The Morgan fingerprint density at radius 1 is 1.36 bits per heavy atom. The van der Waals surface area contributed by atoms with E-state index in [2.05, 4.69) is 0 Å². The normalized spacial score (nSPS) is 15.4. The van der Waals surface area contributed by atoms with Gasteiger partial charge < -0.3 is 6.33 Å². The molecule has 1 rings (SSSR count). The molecule has 0 fully saturated rings. The van der Waals surface area contributed by atoms with Gasteiger partial charge in [-0.05, 0) is 25.2 Å². The fourth-order valence-corrected chi connectivity index (χ4v) is 1.59. The van der Waals surface area contributed by atoms with E-state index in [-0.39, 0.29) is 36.7 Å². The summed E-state index contributed by atoms with van der Waals surface area (Å²) in [6.07, 6.45) is 9.16. The summed E-state index contributed by atoms with van der Waals surface area (Å²) in [5.41, 5.74) is 0. The molecular formula is C8H14NNaO3S. The van der Waals surface area contributed by atoms with Crippen molar-refractivity contribution in [3.8, 4) is 0 Å². The summed E-state index contributed by atoms with van der Waals surface area (Å²) in [5.74, 6) is -0.175. The Bertz CT molecular complexity index is 304. The van der Waals surface area contributed by atoms with Crippen LogP contribution in [0.15, 0.2) is 24.6 Å². The van der Waals surface area contributed by atoms with Crippen LogP contribution >= 0.6 is 0 Å². The number of allylic oxidation sites excluding steroid dienone is 2. The molecule has 0 spiro atoms. The van der Waals surface area contributed by atoms with Crippen molar-refractivity contribution in [3.05, 3.63) is 24.6 Å². The van der Waals surface area contributed by atoms with Gasteiger partial charge in [-0.3, -0.25) is 4.55 Å². The van der Waals surface area contributed by atoms with Crippen LogP contribution in [0.4, 0.5) is 0 Å². The molecule has 14 heavy (non-hydrogen) atoms. The van der Waals surface area contributed by atoms with Crippen molar-refractivity contribution < 1.29 is 44.0 Å². The van der Waals surface area contributed by atoms with Crippen LogP contribution in [-0.2, 0) is 10.1 Å². The van der Waals surface area contributed by atoms with Gasteiger partial charge in [0.2, 0.25) is 0 Å². The number of nitrogens with zero attached hydrogens (tertiary/aromatic N) is 1. The van der Waals surface area contributed by atoms with Crippen LogP contribution in [0.1, 0.15) is 14.3 Å². The first kappa shape index (κ1) is 14.2. The van der Waals surface area contributed by atoms with E-state index in [0.717, 1.165) is 6.42 Å². The minimum Gasteiger partial charge on any atom is -1.00 e. The average molecular weight is 227 g/mol. The van der Waals surface area contributed by atoms with Crippen molar-refractivity contribution in [1.82, 2.24) is 4.90 Å². The van der Waals surface area contributed by atoms with Gasteiger partial charge in [-0.25, -0.2) is 0 Å². The summed E-state index contributed by atoms with van der Waals surface area (Å²) in [7, 11) is -3.80. The van der Waals surface area contributed by atoms with E-state index in [0.29, 0.717) is 13.0 Å². The molecule has 0 atom stereocenters. The van der Waals surface area contributed by atoms with E-state index in [1.165, 1.54) is 0 Å². The van der Waals surface area contributed by atoms with Gasteiger partial charge in [0.25, 0.3) is 10.1 Å². The molecule has 0 amide bonds. The third-order valence-electron chi connectivity index (χ3n) is 1.68. The smallest absolute Gasteiger partial charge is 1.00 e. The van der Waals surface area contributed by atoms with Crippen molar-refractivity contribution in [1.29, 1.82) is 0 Å². The molecule has 0 unspecified atom stereocenters. The zero-order valence-corrected chi connectivity index (χ0v) is 11.1. The molecule has 0 aromatic rings. The SMILES string of the molecule is O=S(=O)(O)CCCN1C=CCC=C1.[H-].[Na+]. The van der Waals surface area contributed by atoms with Crippen LogP contribution in [0.5, 0.6) is 0 Å². The molecule has 0 saturated carbocycles. The number of hydrogen-bond acceptors (Lipinski definition) is 3. The molecule has 1 heterocycles. The fourth-order valence-electron chi connectivity index (χ4n) is 1.10. The van der Waals surface area contributed by atoms with E-state index in [4.69, 9.17) is 4.55 Å². The predicted octanol–water partition coefficient (Wildman–Crippen LogP) is -1.89. The Balaban J connectivity index is 0. The second kappa shape index (κ2) is 6.63. The predicted molar refractivity (Wildman–Crippen MR) is 51.7 cm³/mol. The third-order valence-corrected chi connectivity index (χ3v) is 2.49. The molecule has 0 aliphatic carbocycles. The standard InChI is InChI=1S/C8H13NO3S.Na.H/c10-13(11,12)8-4-7-9-5-2-1-3-6-9;;/h2-3,5-6H,1,4,7-8H2,(H,10,11,12);;/q;+1;-1. The van der Waals surface area contributed by atoms with Gasteiger partial charge in [0.1, 0.15) is 0 Å². The summed E-state index contributed by atoms with van der Waals surface area (Å²) >= 11 is 0. The van der Waals surface area contributed by atoms with Gasteiger partial charge in [-0.15, -0.1) is 0 Å². The summed E-state index contributed by atoms with van der Waals surface area (Å²) in [5, 5.41) is 0. The molecule has 76 valence electrons. The second-order valence-electron chi connectivity index (χ2n) is 2.88. The molecule has 4 nitrogen and oxygen atoms in total. The van der Waals surface area contributed by atoms with E-state index < -0.39 is 10.1 Å². The Labute approximate surface area is 108 Å². The maximum Gasteiger partial charge on any atom is 1.00 e. The quantitative estimate of drug-likeness (QED) is 0.451. The topological polar surface area (TPSA) is 57.6 Å². The summed E-state index contributed by atoms with van der Waals surface area (Å²) in [4.78, 5) is 1.90. The van der Waals surface area contributed by atoms with Gasteiger partial charge in [0.05, 0.1) is 5.75 Å². The van der Waals surface area contributed by atoms with Gasteiger partial charge in [-0.2, -0.15) is 8.42 Å². The summed E-state index contributed by atoms with van der Waals surface area (Å²) < 4.78 is 29.2. The third kappa shape index (κ3) is 6.62. The minimum absolute atomic E-state index is 0. The van der Waals surface area contributed by atoms with Crippen molar-refractivity contribution in [2.75, 3.05) is 12.3 Å². The van der Waals surface area contributed by atoms with E-state index in [1.807, 2.05) is 29.5 Å². The molecule has 0 saturated heterocycles. The van der Waals surface area contributed by atoms with Crippen molar-refractivity contribution in [2.24, 2.45) is 0 Å². The van der Waals surface area contributed by atoms with Crippen molar-refractivity contribution in [2.45, 2.75) is 12.8 Å². The molecule has 0 aromatic heterocycles. The van der Waals surface area contributed by atoms with Gasteiger partial charge in [0.15, 0.2) is 0 Å². The number of rotatable bonds is 4. The van der Waals surface area contributed by atoms with Crippen molar-refractivity contribution in [3.63, 3.8) is 0 Å². The maximum absolute atomic E-state index is 10.4. The minimum atomic E-state index is -3.80. The van der Waals surface area contributed by atoms with Crippen LogP contribution in [0.25, 0.3) is 0 Å². The fraction of sp³-hybridized carbons (Fsp3) is 0.500. The molecular weight excluding hydrogens is 213 g/mol. The number of hydrogen-bond donors (Lipinski definition) is 1. The Morgan fingerprint density at radius 3 is 2.43 bits per heavy atom. The Hall–Kier alpha value is 0.190. The first-order valence-corrected chi connectivity index (χ1v) is 5.73. The first-order chi connectivity index (χ1) is 6.08. The second-order valence-corrected chi connectivity index (χ2v) is 4.45. The summed E-state index contributed by atoms with van der Waals surface area (Å²) in [6, 6.07) is 0. The van der Waals surface area contributed by atoms with Gasteiger partial charge in [-0.1, -0.05) is 12.2 Å². The Kier molecular flexibility index (Phi) is 6.72. The van der Waals surface area contributed by atoms with Crippen LogP contribution in [0.3, 0.4) is 0 Å². The zero-order chi connectivity index (χ0) is 9.73. The van der Waals surface area contributed by atoms with Crippen LogP contribution in [0, 0.1) is 0 Å². The van der Waals surface area contributed by atoms with Gasteiger partial charge >= 0.3 is 29.6 Å². The molecule has 0 bridgehead atoms. The van der Waals surface area contributed by atoms with E-state index in [9.17, 15) is 8.42 Å². The zero-order valence-electron chi connectivity index (χ0n) is 9.26. The molecule has 0 radical (unpaired) electrons. The first-order valence-electron chi connectivity index (χ1n) is 4.12. The van der Waals surface area contributed by atoms with E-state index >= 15 is 0 Å². The average Bonchev–Trinajstić information content (AvgIpc) is 2.04. The van der Waals surface area contributed by atoms with Crippen LogP contribution in [0.2, 0.25) is 0 Å². The molecule has 1 aliphatic heterocycles. The van der Waals surface area contributed by atoms with Crippen LogP contribution in [-0.4, -0.2) is 30.2 Å². The monoisotopic (exact) mass is 227 g/mol. The van der Waals surface area contributed by atoms with Crippen LogP contribution < -0.4 is 29.6 Å². The molecule has 1 N–H and O–H groups in total. The molecule has 6 heteroatoms. The maximum atomic E-state index is 10.4. The Morgan fingerprint density at radius 2 is 1.93 bits per heavy atom. The van der Waals surface area contributed by atoms with E-state index in [1.54, 1.807) is 0 Å². The molecule has 0 aromatic carbocycles. The summed E-state index contributed by atoms with van der Waals surface area (Å²) in [6.45, 7) is 0.618. The van der Waals surface area contributed by atoms with Crippen molar-refractivity contribution >= 4 is 10.1 Å². The largest absolute Gasteiger partial charge is 1.00 e. The molecule has 1 aliphatic rings.